The van der Waals surface area contributed by atoms with E-state index in [9.17, 15) is 4.79 Å². The van der Waals surface area contributed by atoms with Gasteiger partial charge in [-0.05, 0) is 13.0 Å². The van der Waals surface area contributed by atoms with Gasteiger partial charge in [-0.25, -0.2) is 0 Å². The molecule has 0 atom stereocenters. The van der Waals surface area contributed by atoms with Crippen LogP contribution in [0, 0.1) is 0 Å². The summed E-state index contributed by atoms with van der Waals surface area (Å²) >= 11 is 0. The lowest BCUT2D eigenvalue weighted by Gasteiger charge is -2.04. The topological polar surface area (TPSA) is 29.1 Å². The van der Waals surface area contributed by atoms with Crippen LogP contribution in [0.25, 0.3) is 0 Å². The number of ketones is 1. The fraction of sp³-hybridized carbons (Fsp3) is 0.941. The third kappa shape index (κ3) is 15.6. The van der Waals surface area contributed by atoms with Crippen molar-refractivity contribution in [1.29, 1.82) is 0 Å². The van der Waals surface area contributed by atoms with Crippen LogP contribution in [0.5, 0.6) is 0 Å². The van der Waals surface area contributed by atoms with Gasteiger partial charge in [-0.15, -0.1) is 0 Å². The summed E-state index contributed by atoms with van der Waals surface area (Å²) in [6.07, 6.45) is 15.2. The summed E-state index contributed by atoms with van der Waals surface area (Å²) in [7, 11) is 0. The van der Waals surface area contributed by atoms with Crippen molar-refractivity contribution in [2.75, 3.05) is 13.1 Å². The van der Waals surface area contributed by atoms with Gasteiger partial charge in [-0.3, -0.25) is 4.79 Å². The zero-order chi connectivity index (χ0) is 14.2. The summed E-state index contributed by atoms with van der Waals surface area (Å²) in [6.45, 7) is 6.15. The fourth-order valence-electron chi connectivity index (χ4n) is 2.27. The molecule has 0 aliphatic rings. The Kier molecular flexibility index (Phi) is 15.4. The van der Waals surface area contributed by atoms with Crippen molar-refractivity contribution in [3.63, 3.8) is 0 Å². The summed E-state index contributed by atoms with van der Waals surface area (Å²) in [5.41, 5.74) is 0. The van der Waals surface area contributed by atoms with Gasteiger partial charge >= 0.3 is 0 Å². The molecule has 0 fully saturated rings. The maximum atomic E-state index is 11.1. The molecule has 0 unspecified atom stereocenters. The van der Waals surface area contributed by atoms with Gasteiger partial charge < -0.3 is 5.32 Å². The highest BCUT2D eigenvalue weighted by molar-refractivity contribution is 5.78. The first-order valence-corrected chi connectivity index (χ1v) is 8.53. The molecule has 0 bridgehead atoms. The lowest BCUT2D eigenvalue weighted by molar-refractivity contribution is -0.118. The lowest BCUT2D eigenvalue weighted by Crippen LogP contribution is -2.19. The molecule has 1 N–H and O–H groups in total. The van der Waals surface area contributed by atoms with E-state index in [1.54, 1.807) is 0 Å². The number of hydrogen-bond acceptors (Lipinski definition) is 2. The van der Waals surface area contributed by atoms with Gasteiger partial charge in [0.25, 0.3) is 0 Å². The smallest absolute Gasteiger partial charge is 0.133 e. The van der Waals surface area contributed by atoms with Gasteiger partial charge in [0, 0.05) is 19.4 Å². The Balaban J connectivity index is 2.97. The molecule has 19 heavy (non-hydrogen) atoms. The number of carbonyl (C=O) groups is 1. The molecule has 0 aromatic rings. The monoisotopic (exact) mass is 269 g/mol. The van der Waals surface area contributed by atoms with Crippen LogP contribution in [-0.2, 0) is 4.79 Å². The highest BCUT2D eigenvalue weighted by atomic mass is 16.1. The second-order valence-electron chi connectivity index (χ2n) is 5.57. The van der Waals surface area contributed by atoms with Crippen LogP contribution in [0.4, 0.5) is 0 Å². The van der Waals surface area contributed by atoms with Gasteiger partial charge in [0.05, 0.1) is 0 Å². The van der Waals surface area contributed by atoms with Crippen LogP contribution >= 0.6 is 0 Å². The lowest BCUT2D eigenvalue weighted by atomic mass is 10.1. The molecule has 0 spiro atoms. The van der Waals surface area contributed by atoms with E-state index in [-0.39, 0.29) is 0 Å². The van der Waals surface area contributed by atoms with E-state index in [1.807, 2.05) is 6.92 Å². The largest absolute Gasteiger partial charge is 0.316 e. The molecule has 0 amide bonds. The predicted octanol–water partition coefficient (Wildman–Crippen LogP) is 4.87. The fourth-order valence-corrected chi connectivity index (χ4v) is 2.27. The molecule has 0 aliphatic heterocycles. The molecule has 0 aromatic carbocycles. The van der Waals surface area contributed by atoms with Crippen LogP contribution < -0.4 is 5.32 Å². The maximum absolute atomic E-state index is 11.1. The molecule has 0 radical (unpaired) electrons. The SMILES string of the molecule is CCCCCCCCCCCCNCCC(=O)CC. The molecule has 0 saturated carbocycles. The van der Waals surface area contributed by atoms with Crippen molar-refractivity contribution >= 4 is 5.78 Å². The second-order valence-corrected chi connectivity index (χ2v) is 5.57. The van der Waals surface area contributed by atoms with Crippen molar-refractivity contribution in [2.24, 2.45) is 0 Å². The van der Waals surface area contributed by atoms with E-state index >= 15 is 0 Å². The number of hydrogen-bond donors (Lipinski definition) is 1. The summed E-state index contributed by atoms with van der Waals surface area (Å²) in [6, 6.07) is 0. The first-order chi connectivity index (χ1) is 9.31. The van der Waals surface area contributed by atoms with Crippen molar-refractivity contribution in [1.82, 2.24) is 5.32 Å². The molecule has 2 nitrogen and oxygen atoms in total. The van der Waals surface area contributed by atoms with Crippen LogP contribution in [0.2, 0.25) is 0 Å². The Morgan fingerprint density at radius 3 is 1.79 bits per heavy atom. The van der Waals surface area contributed by atoms with Crippen LogP contribution in [0.3, 0.4) is 0 Å². The summed E-state index contributed by atoms with van der Waals surface area (Å²) in [5.74, 6) is 0.371. The Morgan fingerprint density at radius 1 is 0.737 bits per heavy atom. The maximum Gasteiger partial charge on any atom is 0.133 e. The quantitative estimate of drug-likeness (QED) is 0.430. The minimum Gasteiger partial charge on any atom is -0.316 e. The van der Waals surface area contributed by atoms with E-state index in [0.717, 1.165) is 13.1 Å². The first kappa shape index (κ1) is 18.6. The van der Waals surface area contributed by atoms with Crippen molar-refractivity contribution < 1.29 is 4.79 Å². The average Bonchev–Trinajstić information content (AvgIpc) is 2.43. The normalized spacial score (nSPS) is 10.8. The van der Waals surface area contributed by atoms with E-state index in [4.69, 9.17) is 0 Å². The number of Topliss-reactive ketones (excluding diaryl/α,β-unsaturated/α-hetero) is 1. The molecule has 0 aromatic heterocycles. The standard InChI is InChI=1S/C17H35NO/c1-3-5-6-7-8-9-10-11-12-13-15-18-16-14-17(19)4-2/h18H,3-16H2,1-2H3. The third-order valence-corrected chi connectivity index (χ3v) is 3.68. The van der Waals surface area contributed by atoms with Crippen molar-refractivity contribution in [3.8, 4) is 0 Å². The second kappa shape index (κ2) is 15.7. The van der Waals surface area contributed by atoms with Crippen molar-refractivity contribution in [3.05, 3.63) is 0 Å². The first-order valence-electron chi connectivity index (χ1n) is 8.53. The molecule has 0 aliphatic carbocycles. The van der Waals surface area contributed by atoms with Gasteiger partial charge in [-0.2, -0.15) is 0 Å². The molecular formula is C17H35NO. The number of rotatable bonds is 15. The Labute approximate surface area is 120 Å². The minimum absolute atomic E-state index is 0.371. The van der Waals surface area contributed by atoms with Crippen LogP contribution in [0.1, 0.15) is 90.9 Å². The minimum atomic E-state index is 0.371. The molecule has 0 saturated heterocycles. The third-order valence-electron chi connectivity index (χ3n) is 3.68. The Morgan fingerprint density at radius 2 is 1.26 bits per heavy atom. The molecule has 0 heterocycles. The molecular weight excluding hydrogens is 234 g/mol. The predicted molar refractivity (Wildman–Crippen MR) is 84.6 cm³/mol. The van der Waals surface area contributed by atoms with Gasteiger partial charge in [0.2, 0.25) is 0 Å². The van der Waals surface area contributed by atoms with Crippen LogP contribution in [0.15, 0.2) is 0 Å². The molecule has 2 heteroatoms. The summed E-state index contributed by atoms with van der Waals surface area (Å²) < 4.78 is 0. The van der Waals surface area contributed by atoms with Gasteiger partial charge in [0.1, 0.15) is 5.78 Å². The van der Waals surface area contributed by atoms with Gasteiger partial charge in [0.15, 0.2) is 0 Å². The average molecular weight is 269 g/mol. The molecule has 0 rings (SSSR count). The Hall–Kier alpha value is -0.370. The Bertz CT molecular complexity index is 192. The highest BCUT2D eigenvalue weighted by Crippen LogP contribution is 2.10. The van der Waals surface area contributed by atoms with E-state index in [1.165, 1.54) is 64.2 Å². The van der Waals surface area contributed by atoms with E-state index < -0.39 is 0 Å². The van der Waals surface area contributed by atoms with E-state index in [0.29, 0.717) is 18.6 Å². The van der Waals surface area contributed by atoms with E-state index in [2.05, 4.69) is 12.2 Å². The highest BCUT2D eigenvalue weighted by Gasteiger charge is 1.96. The van der Waals surface area contributed by atoms with Gasteiger partial charge in [-0.1, -0.05) is 71.6 Å². The summed E-state index contributed by atoms with van der Waals surface area (Å²) in [5, 5.41) is 3.36. The number of carbonyl (C=O) groups excluding carboxylic acids is 1. The summed E-state index contributed by atoms with van der Waals surface area (Å²) in [4.78, 5) is 11.1. The van der Waals surface area contributed by atoms with Crippen molar-refractivity contribution in [2.45, 2.75) is 90.9 Å². The number of unbranched alkanes of at least 4 members (excludes halogenated alkanes) is 9. The zero-order valence-corrected chi connectivity index (χ0v) is 13.3. The number of nitrogens with one attached hydrogen (secondary N) is 1. The molecule has 114 valence electrons. The zero-order valence-electron chi connectivity index (χ0n) is 13.3. The van der Waals surface area contributed by atoms with Crippen LogP contribution in [-0.4, -0.2) is 18.9 Å².